The van der Waals surface area contributed by atoms with Crippen molar-refractivity contribution < 1.29 is 14.7 Å². The molecule has 1 heterocycles. The van der Waals surface area contributed by atoms with Crippen molar-refractivity contribution in [3.05, 3.63) is 64.2 Å². The highest BCUT2D eigenvalue weighted by Gasteiger charge is 2.21. The van der Waals surface area contributed by atoms with E-state index >= 15 is 0 Å². The number of rotatable bonds is 3. The van der Waals surface area contributed by atoms with Crippen LogP contribution in [-0.4, -0.2) is 34.0 Å². The van der Waals surface area contributed by atoms with Crippen LogP contribution in [0.25, 0.3) is 10.8 Å². The van der Waals surface area contributed by atoms with Crippen LogP contribution in [0, 0.1) is 0 Å². The quantitative estimate of drug-likeness (QED) is 0.749. The van der Waals surface area contributed by atoms with E-state index in [0.717, 1.165) is 0 Å². The number of aromatic carboxylic acids is 1. The molecule has 0 aliphatic carbocycles. The maximum absolute atomic E-state index is 12.7. The van der Waals surface area contributed by atoms with Crippen LogP contribution in [0.1, 0.15) is 20.8 Å². The topological polar surface area (TPSA) is 83.4 Å². The van der Waals surface area contributed by atoms with Crippen LogP contribution in [0.5, 0.6) is 0 Å². The van der Waals surface area contributed by atoms with Gasteiger partial charge in [0.1, 0.15) is 5.69 Å². The molecule has 0 radical (unpaired) electrons. The Labute approximate surface area is 152 Å². The average Bonchev–Trinajstić information content (AvgIpc) is 2.59. The van der Waals surface area contributed by atoms with E-state index in [4.69, 9.17) is 23.2 Å². The number of amides is 1. The number of hydrogen-bond donors (Lipinski definition) is 1. The molecule has 126 valence electrons. The summed E-state index contributed by atoms with van der Waals surface area (Å²) in [5.41, 5.74) is 0.482. The highest BCUT2D eigenvalue weighted by atomic mass is 35.5. The van der Waals surface area contributed by atoms with Crippen molar-refractivity contribution in [2.24, 2.45) is 0 Å². The lowest BCUT2D eigenvalue weighted by molar-refractivity contribution is 0.0696. The van der Waals surface area contributed by atoms with Gasteiger partial charge in [-0.05, 0) is 29.7 Å². The molecule has 0 fully saturated rings. The van der Waals surface area contributed by atoms with Crippen LogP contribution in [-0.2, 0) is 0 Å². The molecule has 1 N–H and O–H groups in total. The van der Waals surface area contributed by atoms with Crippen molar-refractivity contribution >= 4 is 51.5 Å². The number of aromatic nitrogens is 2. The first-order valence-electron chi connectivity index (χ1n) is 7.08. The summed E-state index contributed by atoms with van der Waals surface area (Å²) >= 11 is 12.3. The van der Waals surface area contributed by atoms with Crippen LogP contribution < -0.4 is 4.90 Å². The average molecular weight is 376 g/mol. The first-order valence-corrected chi connectivity index (χ1v) is 7.84. The molecule has 0 aliphatic rings. The molecule has 0 saturated carbocycles. The molecule has 0 unspecified atom stereocenters. The number of benzene rings is 2. The zero-order valence-corrected chi connectivity index (χ0v) is 14.4. The number of fused-ring (bicyclic) bond motifs is 1. The third-order valence-electron chi connectivity index (χ3n) is 3.64. The minimum atomic E-state index is -1.13. The van der Waals surface area contributed by atoms with Crippen LogP contribution in [0.2, 0.25) is 10.0 Å². The standard InChI is InChI=1S/C17H11Cl2N3O3/c1-22(16(23)13-8-20-2-3-21-13)14-6-10(17(24)25)4-9-5-11(18)7-12(19)15(9)14/h2-8H,1H3,(H,24,25). The van der Waals surface area contributed by atoms with Gasteiger partial charge in [-0.15, -0.1) is 0 Å². The summed E-state index contributed by atoms with van der Waals surface area (Å²) in [6.45, 7) is 0. The van der Waals surface area contributed by atoms with Gasteiger partial charge < -0.3 is 10.0 Å². The molecule has 0 saturated heterocycles. The van der Waals surface area contributed by atoms with Gasteiger partial charge in [0.15, 0.2) is 0 Å². The molecule has 6 nitrogen and oxygen atoms in total. The van der Waals surface area contributed by atoms with E-state index in [1.165, 1.54) is 48.7 Å². The molecule has 0 aliphatic heterocycles. The predicted octanol–water partition coefficient (Wildman–Crippen LogP) is 3.91. The molecular weight excluding hydrogens is 365 g/mol. The predicted molar refractivity (Wildman–Crippen MR) is 95.7 cm³/mol. The normalized spacial score (nSPS) is 10.7. The van der Waals surface area contributed by atoms with Gasteiger partial charge in [0.2, 0.25) is 0 Å². The maximum Gasteiger partial charge on any atom is 0.335 e. The van der Waals surface area contributed by atoms with Gasteiger partial charge in [0, 0.05) is 29.9 Å². The number of nitrogens with zero attached hydrogens (tertiary/aromatic N) is 3. The summed E-state index contributed by atoms with van der Waals surface area (Å²) in [6, 6.07) is 5.98. The smallest absolute Gasteiger partial charge is 0.335 e. The van der Waals surface area contributed by atoms with E-state index in [2.05, 4.69) is 9.97 Å². The number of hydrogen-bond acceptors (Lipinski definition) is 4. The highest BCUT2D eigenvalue weighted by molar-refractivity contribution is 6.40. The molecule has 25 heavy (non-hydrogen) atoms. The Balaban J connectivity index is 2.23. The molecular formula is C17H11Cl2N3O3. The number of carboxylic acid groups (broad SMARTS) is 1. The van der Waals surface area contributed by atoms with Gasteiger partial charge >= 0.3 is 5.97 Å². The number of carboxylic acids is 1. The van der Waals surface area contributed by atoms with Gasteiger partial charge in [0.05, 0.1) is 22.5 Å². The Morgan fingerprint density at radius 2 is 1.88 bits per heavy atom. The van der Waals surface area contributed by atoms with Crippen LogP contribution in [0.4, 0.5) is 5.69 Å². The Morgan fingerprint density at radius 3 is 2.52 bits per heavy atom. The van der Waals surface area contributed by atoms with Gasteiger partial charge in [-0.1, -0.05) is 23.2 Å². The summed E-state index contributed by atoms with van der Waals surface area (Å²) in [6.07, 6.45) is 4.19. The zero-order chi connectivity index (χ0) is 18.1. The summed E-state index contributed by atoms with van der Waals surface area (Å²) in [7, 11) is 1.52. The van der Waals surface area contributed by atoms with Crippen molar-refractivity contribution in [1.82, 2.24) is 9.97 Å². The SMILES string of the molecule is CN(C(=O)c1cnccn1)c1cc(C(=O)O)cc2cc(Cl)cc(Cl)c12. The molecule has 2 aromatic carbocycles. The van der Waals surface area contributed by atoms with E-state index in [1.54, 1.807) is 6.07 Å². The molecule has 0 bridgehead atoms. The number of carbonyl (C=O) groups is 2. The monoisotopic (exact) mass is 375 g/mol. The number of halogens is 2. The van der Waals surface area contributed by atoms with E-state index in [1.807, 2.05) is 0 Å². The number of anilines is 1. The fourth-order valence-corrected chi connectivity index (χ4v) is 3.09. The summed E-state index contributed by atoms with van der Waals surface area (Å²) < 4.78 is 0. The zero-order valence-electron chi connectivity index (χ0n) is 12.9. The molecule has 0 atom stereocenters. The number of carbonyl (C=O) groups excluding carboxylic acids is 1. The second-order valence-electron chi connectivity index (χ2n) is 5.24. The van der Waals surface area contributed by atoms with Crippen molar-refractivity contribution in [3.63, 3.8) is 0 Å². The molecule has 3 aromatic rings. The van der Waals surface area contributed by atoms with Gasteiger partial charge in [-0.25, -0.2) is 9.78 Å². The van der Waals surface area contributed by atoms with Crippen molar-refractivity contribution in [1.29, 1.82) is 0 Å². The third-order valence-corrected chi connectivity index (χ3v) is 4.16. The minimum absolute atomic E-state index is 0.0135. The van der Waals surface area contributed by atoms with Gasteiger partial charge in [0.25, 0.3) is 5.91 Å². The highest BCUT2D eigenvalue weighted by Crippen LogP contribution is 2.36. The second-order valence-corrected chi connectivity index (χ2v) is 6.08. The largest absolute Gasteiger partial charge is 0.478 e. The Morgan fingerprint density at radius 1 is 1.12 bits per heavy atom. The fraction of sp³-hybridized carbons (Fsp3) is 0.0588. The molecule has 8 heteroatoms. The van der Waals surface area contributed by atoms with E-state index < -0.39 is 11.9 Å². The molecule has 1 amide bonds. The molecule has 0 spiro atoms. The van der Waals surface area contributed by atoms with Gasteiger partial charge in [-0.2, -0.15) is 0 Å². The summed E-state index contributed by atoms with van der Waals surface area (Å²) in [5.74, 6) is -1.57. The minimum Gasteiger partial charge on any atom is -0.478 e. The van der Waals surface area contributed by atoms with E-state index in [0.29, 0.717) is 26.5 Å². The Bertz CT molecular complexity index is 993. The lowest BCUT2D eigenvalue weighted by Gasteiger charge is -2.20. The van der Waals surface area contributed by atoms with Crippen molar-refractivity contribution in [2.75, 3.05) is 11.9 Å². The van der Waals surface area contributed by atoms with E-state index in [9.17, 15) is 14.7 Å². The summed E-state index contributed by atoms with van der Waals surface area (Å²) in [4.78, 5) is 33.2. The lowest BCUT2D eigenvalue weighted by Crippen LogP contribution is -2.27. The Kier molecular flexibility index (Phi) is 4.57. The van der Waals surface area contributed by atoms with Gasteiger partial charge in [-0.3, -0.25) is 9.78 Å². The van der Waals surface area contributed by atoms with E-state index in [-0.39, 0.29) is 11.3 Å². The Hall–Kier alpha value is -2.70. The molecule has 3 rings (SSSR count). The lowest BCUT2D eigenvalue weighted by atomic mass is 10.0. The fourth-order valence-electron chi connectivity index (χ4n) is 2.48. The maximum atomic E-state index is 12.7. The third kappa shape index (κ3) is 3.26. The first kappa shape index (κ1) is 17.1. The first-order chi connectivity index (χ1) is 11.9. The van der Waals surface area contributed by atoms with Crippen LogP contribution in [0.15, 0.2) is 42.9 Å². The summed E-state index contributed by atoms with van der Waals surface area (Å²) in [5, 5.41) is 11.1. The van der Waals surface area contributed by atoms with Crippen LogP contribution >= 0.6 is 23.2 Å². The van der Waals surface area contributed by atoms with Crippen LogP contribution in [0.3, 0.4) is 0 Å². The van der Waals surface area contributed by atoms with Crippen molar-refractivity contribution in [2.45, 2.75) is 0 Å². The second kappa shape index (κ2) is 6.66. The molecule has 1 aromatic heterocycles. The van der Waals surface area contributed by atoms with Crippen molar-refractivity contribution in [3.8, 4) is 0 Å².